The van der Waals surface area contributed by atoms with E-state index in [2.05, 4.69) is 46.6 Å². The fourth-order valence-corrected chi connectivity index (χ4v) is 2.92. The van der Waals surface area contributed by atoms with Gasteiger partial charge in [0.25, 0.3) is 0 Å². The third-order valence-electron chi connectivity index (χ3n) is 3.05. The van der Waals surface area contributed by atoms with Crippen molar-refractivity contribution in [2.75, 3.05) is 11.9 Å². The van der Waals surface area contributed by atoms with Crippen LogP contribution in [0.5, 0.6) is 5.88 Å². The summed E-state index contributed by atoms with van der Waals surface area (Å²) in [6.07, 6.45) is 3.14. The largest absolute Gasteiger partial charge is 0.478 e. The summed E-state index contributed by atoms with van der Waals surface area (Å²) in [5.74, 6) is 1.29. The molecule has 0 fully saturated rings. The Hall–Kier alpha value is -1.62. The highest BCUT2D eigenvalue weighted by Crippen LogP contribution is 2.27. The normalized spacial score (nSPS) is 12.1. The summed E-state index contributed by atoms with van der Waals surface area (Å²) in [6.45, 7) is 6.92. The van der Waals surface area contributed by atoms with Crippen LogP contribution in [0.25, 0.3) is 0 Å². The predicted molar refractivity (Wildman–Crippen MR) is 88.1 cm³/mol. The van der Waals surface area contributed by atoms with E-state index in [9.17, 15) is 0 Å². The second-order valence-corrected chi connectivity index (χ2v) is 6.00. The van der Waals surface area contributed by atoms with Crippen LogP contribution >= 0.6 is 11.3 Å². The molecule has 0 aliphatic carbocycles. The molecule has 0 amide bonds. The average Bonchev–Trinajstić information content (AvgIpc) is 2.98. The molecule has 1 N–H and O–H groups in total. The number of hydrogen-bond donors (Lipinski definition) is 1. The monoisotopic (exact) mass is 305 g/mol. The van der Waals surface area contributed by atoms with Crippen LogP contribution in [0.4, 0.5) is 5.95 Å². The van der Waals surface area contributed by atoms with Crippen molar-refractivity contribution in [2.24, 2.45) is 0 Å². The van der Waals surface area contributed by atoms with Gasteiger partial charge in [0.15, 0.2) is 0 Å². The first-order valence-corrected chi connectivity index (χ1v) is 8.39. The lowest BCUT2D eigenvalue weighted by atomic mass is 10.1. The van der Waals surface area contributed by atoms with E-state index in [0.29, 0.717) is 18.4 Å². The number of hydrogen-bond acceptors (Lipinski definition) is 5. The van der Waals surface area contributed by atoms with Crippen LogP contribution < -0.4 is 10.1 Å². The van der Waals surface area contributed by atoms with Crippen LogP contribution in [0.1, 0.15) is 49.7 Å². The summed E-state index contributed by atoms with van der Waals surface area (Å²) >= 11 is 1.76. The highest BCUT2D eigenvalue weighted by Gasteiger charge is 2.14. The van der Waals surface area contributed by atoms with Crippen molar-refractivity contribution >= 4 is 17.3 Å². The third kappa shape index (κ3) is 4.70. The minimum Gasteiger partial charge on any atom is -0.478 e. The van der Waals surface area contributed by atoms with E-state index < -0.39 is 0 Å². The molecule has 114 valence electrons. The van der Waals surface area contributed by atoms with Gasteiger partial charge in [0, 0.05) is 16.6 Å². The Morgan fingerprint density at radius 1 is 1.29 bits per heavy atom. The molecule has 0 spiro atoms. The molecule has 5 heteroatoms. The summed E-state index contributed by atoms with van der Waals surface area (Å²) in [4.78, 5) is 10.3. The minimum atomic E-state index is 0.260. The van der Waals surface area contributed by atoms with E-state index in [1.807, 2.05) is 13.0 Å². The lowest BCUT2D eigenvalue weighted by molar-refractivity contribution is 0.304. The van der Waals surface area contributed by atoms with E-state index >= 15 is 0 Å². The van der Waals surface area contributed by atoms with Gasteiger partial charge in [-0.3, -0.25) is 0 Å². The molecule has 1 atom stereocenters. The molecule has 2 aromatic rings. The number of ether oxygens (including phenoxy) is 1. The van der Waals surface area contributed by atoms with Crippen LogP contribution in [0.3, 0.4) is 0 Å². The second-order valence-electron chi connectivity index (χ2n) is 5.02. The van der Waals surface area contributed by atoms with Crippen molar-refractivity contribution in [3.63, 3.8) is 0 Å². The zero-order valence-electron chi connectivity index (χ0n) is 12.9. The number of nitrogens with one attached hydrogen (secondary N) is 1. The number of thiophene rings is 1. The SMILES string of the molecule is CCCOc1cc(C)nc(NC(CCC)c2cccs2)n1. The zero-order chi connectivity index (χ0) is 15.1. The first-order valence-electron chi connectivity index (χ1n) is 7.51. The Balaban J connectivity index is 2.14. The average molecular weight is 305 g/mol. The number of nitrogens with zero attached hydrogens (tertiary/aromatic N) is 2. The summed E-state index contributed by atoms with van der Waals surface area (Å²) in [5, 5.41) is 5.55. The molecule has 0 saturated heterocycles. The van der Waals surface area contributed by atoms with Gasteiger partial charge in [0.2, 0.25) is 11.8 Å². The number of aryl methyl sites for hydroxylation is 1. The molecular weight excluding hydrogens is 282 g/mol. The molecule has 2 heterocycles. The summed E-state index contributed by atoms with van der Waals surface area (Å²) in [5.41, 5.74) is 0.917. The lowest BCUT2D eigenvalue weighted by Crippen LogP contribution is -2.12. The number of anilines is 1. The van der Waals surface area contributed by atoms with E-state index in [-0.39, 0.29) is 6.04 Å². The van der Waals surface area contributed by atoms with Crippen molar-refractivity contribution < 1.29 is 4.74 Å². The van der Waals surface area contributed by atoms with Gasteiger partial charge in [0.1, 0.15) is 0 Å². The van der Waals surface area contributed by atoms with Crippen molar-refractivity contribution in [3.05, 3.63) is 34.2 Å². The maximum absolute atomic E-state index is 5.62. The van der Waals surface area contributed by atoms with Crippen LogP contribution in [0, 0.1) is 6.92 Å². The Morgan fingerprint density at radius 3 is 2.81 bits per heavy atom. The second kappa shape index (κ2) is 7.98. The van der Waals surface area contributed by atoms with Gasteiger partial charge in [-0.25, -0.2) is 4.98 Å². The fraction of sp³-hybridized carbons (Fsp3) is 0.500. The van der Waals surface area contributed by atoms with Crippen LogP contribution in [-0.4, -0.2) is 16.6 Å². The van der Waals surface area contributed by atoms with E-state index in [1.165, 1.54) is 4.88 Å². The number of aromatic nitrogens is 2. The highest BCUT2D eigenvalue weighted by atomic mass is 32.1. The Kier molecular flexibility index (Phi) is 5.99. The quantitative estimate of drug-likeness (QED) is 0.775. The van der Waals surface area contributed by atoms with Crippen LogP contribution in [0.2, 0.25) is 0 Å². The van der Waals surface area contributed by atoms with Crippen LogP contribution in [0.15, 0.2) is 23.6 Å². The topological polar surface area (TPSA) is 47.0 Å². The van der Waals surface area contributed by atoms with Gasteiger partial charge in [0.05, 0.1) is 12.6 Å². The number of rotatable bonds is 8. The molecule has 0 saturated carbocycles. The van der Waals surface area contributed by atoms with Gasteiger partial charge in [-0.05, 0) is 31.2 Å². The third-order valence-corrected chi connectivity index (χ3v) is 4.04. The van der Waals surface area contributed by atoms with Gasteiger partial charge in [-0.15, -0.1) is 11.3 Å². The first kappa shape index (κ1) is 15.8. The van der Waals surface area contributed by atoms with Gasteiger partial charge in [-0.1, -0.05) is 26.3 Å². The van der Waals surface area contributed by atoms with E-state index in [4.69, 9.17) is 4.74 Å². The van der Waals surface area contributed by atoms with Crippen LogP contribution in [-0.2, 0) is 0 Å². The van der Waals surface area contributed by atoms with E-state index in [0.717, 1.165) is 25.0 Å². The van der Waals surface area contributed by atoms with Crippen molar-refractivity contribution in [3.8, 4) is 5.88 Å². The molecule has 0 radical (unpaired) electrons. The molecule has 21 heavy (non-hydrogen) atoms. The minimum absolute atomic E-state index is 0.260. The molecule has 0 aliphatic rings. The van der Waals surface area contributed by atoms with Crippen molar-refractivity contribution in [1.82, 2.24) is 9.97 Å². The van der Waals surface area contributed by atoms with Crippen molar-refractivity contribution in [1.29, 1.82) is 0 Å². The van der Waals surface area contributed by atoms with Gasteiger partial charge >= 0.3 is 0 Å². The standard InChI is InChI=1S/C16H23N3OS/c1-4-7-13(14-8-6-10-21-14)18-16-17-12(3)11-15(19-16)20-9-5-2/h6,8,10-11,13H,4-5,7,9H2,1-3H3,(H,17,18,19). The Bertz CT molecular complexity index is 542. The van der Waals surface area contributed by atoms with Gasteiger partial charge in [-0.2, -0.15) is 4.98 Å². The molecule has 0 aromatic carbocycles. The van der Waals surface area contributed by atoms with Crippen molar-refractivity contribution in [2.45, 2.75) is 46.1 Å². The predicted octanol–water partition coefficient (Wildman–Crippen LogP) is 4.59. The van der Waals surface area contributed by atoms with E-state index in [1.54, 1.807) is 11.3 Å². The molecule has 0 bridgehead atoms. The molecule has 1 unspecified atom stereocenters. The Morgan fingerprint density at radius 2 is 2.14 bits per heavy atom. The smallest absolute Gasteiger partial charge is 0.226 e. The Labute approximate surface area is 130 Å². The first-order chi connectivity index (χ1) is 10.2. The summed E-state index contributed by atoms with van der Waals surface area (Å²) < 4.78 is 5.62. The summed E-state index contributed by atoms with van der Waals surface area (Å²) in [6, 6.07) is 6.37. The molecule has 2 rings (SSSR count). The molecule has 4 nitrogen and oxygen atoms in total. The molecule has 0 aliphatic heterocycles. The zero-order valence-corrected chi connectivity index (χ0v) is 13.7. The highest BCUT2D eigenvalue weighted by molar-refractivity contribution is 7.10. The van der Waals surface area contributed by atoms with Gasteiger partial charge < -0.3 is 10.1 Å². The summed E-state index contributed by atoms with van der Waals surface area (Å²) in [7, 11) is 0. The lowest BCUT2D eigenvalue weighted by Gasteiger charge is -2.17. The maximum Gasteiger partial charge on any atom is 0.226 e. The molecular formula is C16H23N3OS. The maximum atomic E-state index is 5.62. The molecule has 2 aromatic heterocycles. The fourth-order valence-electron chi connectivity index (χ4n) is 2.10.